The van der Waals surface area contributed by atoms with E-state index >= 15 is 0 Å². The summed E-state index contributed by atoms with van der Waals surface area (Å²) in [5.74, 6) is -7.35. The zero-order chi connectivity index (χ0) is 36.4. The highest BCUT2D eigenvalue weighted by molar-refractivity contribution is 5.99. The minimum atomic E-state index is -1.56. The van der Waals surface area contributed by atoms with E-state index in [-0.39, 0.29) is 12.2 Å². The minimum Gasteiger partial charge on any atom is -0.493 e. The third kappa shape index (κ3) is 9.43. The highest BCUT2D eigenvalue weighted by atomic mass is 16.6. The van der Waals surface area contributed by atoms with Crippen molar-refractivity contribution in [2.24, 2.45) is 11.8 Å². The van der Waals surface area contributed by atoms with Crippen molar-refractivity contribution in [2.75, 3.05) is 13.7 Å². The lowest BCUT2D eigenvalue weighted by Crippen LogP contribution is -2.47. The largest absolute Gasteiger partial charge is 0.493 e. The molecule has 1 aliphatic rings. The summed E-state index contributed by atoms with van der Waals surface area (Å²) < 4.78 is 32.9. The maximum atomic E-state index is 13.7. The minimum absolute atomic E-state index is 0.0798. The molecule has 1 amide bonds. The number of cyclic esters (lactones) is 2. The van der Waals surface area contributed by atoms with Crippen molar-refractivity contribution >= 4 is 35.8 Å². The number of aromatic nitrogens is 1. The molecule has 50 heavy (non-hydrogen) atoms. The molecule has 1 saturated heterocycles. The molecule has 0 radical (unpaired) electrons. The van der Waals surface area contributed by atoms with Gasteiger partial charge < -0.3 is 33.7 Å². The van der Waals surface area contributed by atoms with Crippen molar-refractivity contribution in [2.45, 2.75) is 58.5 Å². The molecular formula is C36H38N2O12. The van der Waals surface area contributed by atoms with E-state index in [2.05, 4.69) is 10.3 Å². The maximum Gasteiger partial charge on any atom is 0.357 e. The molecule has 0 saturated carbocycles. The van der Waals surface area contributed by atoms with Gasteiger partial charge in [-0.2, -0.15) is 0 Å². The van der Waals surface area contributed by atoms with Crippen molar-refractivity contribution in [3.63, 3.8) is 0 Å². The van der Waals surface area contributed by atoms with E-state index in [1.165, 1.54) is 26.3 Å². The molecule has 14 nitrogen and oxygen atoms in total. The van der Waals surface area contributed by atoms with Crippen LogP contribution >= 0.6 is 0 Å². The van der Waals surface area contributed by atoms with Gasteiger partial charge in [0.1, 0.15) is 18.6 Å². The predicted molar refractivity (Wildman–Crippen MR) is 173 cm³/mol. The monoisotopic (exact) mass is 690 g/mol. The van der Waals surface area contributed by atoms with Crippen molar-refractivity contribution < 1.29 is 57.2 Å². The second-order valence-corrected chi connectivity index (χ2v) is 11.7. The third-order valence-corrected chi connectivity index (χ3v) is 7.57. The zero-order valence-corrected chi connectivity index (χ0v) is 28.2. The lowest BCUT2D eigenvalue weighted by molar-refractivity contribution is -0.176. The van der Waals surface area contributed by atoms with E-state index in [9.17, 15) is 28.8 Å². The Kier molecular flexibility index (Phi) is 12.6. The highest BCUT2D eigenvalue weighted by Crippen LogP contribution is 2.32. The fraction of sp³-hybridized carbons (Fsp3) is 0.361. The number of esters is 5. The Labute approximate surface area is 288 Å². The van der Waals surface area contributed by atoms with Gasteiger partial charge in [-0.3, -0.25) is 19.2 Å². The second kappa shape index (κ2) is 17.0. The smallest absolute Gasteiger partial charge is 0.357 e. The number of benzene rings is 2. The van der Waals surface area contributed by atoms with Gasteiger partial charge in [-0.25, -0.2) is 14.6 Å². The number of rotatable bonds is 11. The quantitative estimate of drug-likeness (QED) is 0.229. The predicted octanol–water partition coefficient (Wildman–Crippen LogP) is 3.31. The maximum absolute atomic E-state index is 13.7. The summed E-state index contributed by atoms with van der Waals surface area (Å²) in [6.07, 6.45) is -2.53. The van der Waals surface area contributed by atoms with Crippen molar-refractivity contribution in [1.82, 2.24) is 10.3 Å². The summed E-state index contributed by atoms with van der Waals surface area (Å²) in [5, 5.41) is 2.42. The number of amides is 1. The first-order chi connectivity index (χ1) is 23.9. The molecule has 3 aromatic rings. The highest BCUT2D eigenvalue weighted by Gasteiger charge is 2.42. The molecule has 1 aromatic heterocycles. The molecule has 14 heteroatoms. The molecule has 1 fully saturated rings. The Morgan fingerprint density at radius 1 is 0.940 bits per heavy atom. The summed E-state index contributed by atoms with van der Waals surface area (Å²) in [6, 6.07) is 16.8. The van der Waals surface area contributed by atoms with Gasteiger partial charge in [0.15, 0.2) is 23.6 Å². The summed E-state index contributed by atoms with van der Waals surface area (Å²) in [4.78, 5) is 82.5. The fourth-order valence-electron chi connectivity index (χ4n) is 5.03. The Balaban J connectivity index is 1.61. The van der Waals surface area contributed by atoms with E-state index in [1.54, 1.807) is 68.4 Å². The van der Waals surface area contributed by atoms with Crippen molar-refractivity contribution in [3.05, 3.63) is 89.7 Å². The van der Waals surface area contributed by atoms with Gasteiger partial charge in [-0.15, -0.1) is 0 Å². The third-order valence-electron chi connectivity index (χ3n) is 7.57. The number of carbonyl (C=O) groups excluding carboxylic acids is 6. The summed E-state index contributed by atoms with van der Waals surface area (Å²) in [7, 11) is 1.26. The van der Waals surface area contributed by atoms with Crippen LogP contribution in [0.5, 0.6) is 11.5 Å². The Morgan fingerprint density at radius 3 is 2.22 bits per heavy atom. The van der Waals surface area contributed by atoms with E-state index < -0.39 is 90.0 Å². The van der Waals surface area contributed by atoms with E-state index in [0.717, 1.165) is 12.5 Å². The van der Waals surface area contributed by atoms with Gasteiger partial charge in [0.2, 0.25) is 11.9 Å². The van der Waals surface area contributed by atoms with Gasteiger partial charge in [-0.05, 0) is 18.9 Å². The number of ether oxygens (including phenoxy) is 6. The number of hydrogen-bond donors (Lipinski definition) is 1. The number of carbonyl (C=O) groups is 6. The first-order valence-electron chi connectivity index (χ1n) is 15.8. The molecule has 1 aliphatic heterocycles. The molecule has 2 aromatic carbocycles. The van der Waals surface area contributed by atoms with Crippen LogP contribution in [0.15, 0.2) is 72.9 Å². The average Bonchev–Trinajstić information content (AvgIpc) is 3.13. The molecule has 3 unspecified atom stereocenters. The van der Waals surface area contributed by atoms with Crippen LogP contribution in [-0.2, 0) is 49.3 Å². The molecule has 2 heterocycles. The average molecular weight is 691 g/mol. The van der Waals surface area contributed by atoms with Crippen LogP contribution in [0.25, 0.3) is 0 Å². The molecule has 4 rings (SSSR count). The van der Waals surface area contributed by atoms with Gasteiger partial charge in [0, 0.05) is 24.8 Å². The van der Waals surface area contributed by atoms with Crippen LogP contribution in [0, 0.1) is 11.8 Å². The molecule has 0 spiro atoms. The Morgan fingerprint density at radius 2 is 1.60 bits per heavy atom. The topological polar surface area (TPSA) is 183 Å². The normalized spacial score (nSPS) is 19.7. The Hall–Kier alpha value is -5.79. The number of nitrogens with zero attached hydrogens (tertiary/aromatic N) is 1. The summed E-state index contributed by atoms with van der Waals surface area (Å²) in [6.45, 7) is 5.20. The standard InChI is InChI=1S/C36H38N2O12/c1-20(2)33(41)49-29-21(3)47-35(43)26(19-46-34(42)25(29)18-23-12-8-6-9-13-23)38-32(40)28-31(27(45-5)16-17-37-28)50-36(44)30(48-22(4)39)24-14-10-7-11-15-24/h6-17,20-21,25-26,29-30H,18-19H2,1-5H3,(H,38,40)/t21-,25+,26?,29?,30?/m0/s1. The van der Waals surface area contributed by atoms with Crippen LogP contribution in [0.2, 0.25) is 0 Å². The number of hydrogen-bond acceptors (Lipinski definition) is 13. The van der Waals surface area contributed by atoms with Crippen molar-refractivity contribution in [1.29, 1.82) is 0 Å². The van der Waals surface area contributed by atoms with Crippen LogP contribution in [0.1, 0.15) is 55.4 Å². The van der Waals surface area contributed by atoms with E-state index in [4.69, 9.17) is 28.4 Å². The molecule has 5 atom stereocenters. The zero-order valence-electron chi connectivity index (χ0n) is 28.2. The first kappa shape index (κ1) is 37.0. The SMILES string of the molecule is COc1ccnc(C(=O)NC2COC(=O)[C@H](Cc3ccccc3)C(OC(=O)C(C)C)[C@H](C)OC2=O)c1OC(=O)C(OC(C)=O)c1ccccc1. The lowest BCUT2D eigenvalue weighted by Gasteiger charge is -2.29. The lowest BCUT2D eigenvalue weighted by atomic mass is 9.91. The fourth-order valence-corrected chi connectivity index (χ4v) is 5.03. The van der Waals surface area contributed by atoms with Gasteiger partial charge in [0.25, 0.3) is 5.91 Å². The van der Waals surface area contributed by atoms with Crippen LogP contribution in [-0.4, -0.2) is 72.7 Å². The van der Waals surface area contributed by atoms with E-state index in [1.807, 2.05) is 6.07 Å². The number of methoxy groups -OCH3 is 1. The van der Waals surface area contributed by atoms with Crippen molar-refractivity contribution in [3.8, 4) is 11.5 Å². The molecule has 0 aliphatic carbocycles. The van der Waals surface area contributed by atoms with Gasteiger partial charge in [0.05, 0.1) is 13.0 Å². The van der Waals surface area contributed by atoms with Gasteiger partial charge >= 0.3 is 29.8 Å². The number of nitrogens with one attached hydrogen (secondary N) is 1. The van der Waals surface area contributed by atoms with Crippen LogP contribution in [0.4, 0.5) is 0 Å². The van der Waals surface area contributed by atoms with Gasteiger partial charge in [-0.1, -0.05) is 74.5 Å². The molecular weight excluding hydrogens is 652 g/mol. The summed E-state index contributed by atoms with van der Waals surface area (Å²) >= 11 is 0. The molecule has 0 bridgehead atoms. The second-order valence-electron chi connectivity index (χ2n) is 11.7. The van der Waals surface area contributed by atoms with E-state index in [0.29, 0.717) is 5.56 Å². The summed E-state index contributed by atoms with van der Waals surface area (Å²) in [5.41, 5.74) is 0.566. The van der Waals surface area contributed by atoms with Crippen LogP contribution < -0.4 is 14.8 Å². The molecule has 1 N–H and O–H groups in total. The van der Waals surface area contributed by atoms with Crippen LogP contribution in [0.3, 0.4) is 0 Å². The molecule has 264 valence electrons. The Bertz CT molecular complexity index is 1700. The first-order valence-corrected chi connectivity index (χ1v) is 15.8. The number of pyridine rings is 1.